The molecule has 0 saturated carbocycles. The van der Waals surface area contributed by atoms with Crippen LogP contribution in [0.4, 0.5) is 0 Å². The van der Waals surface area contributed by atoms with Gasteiger partial charge < -0.3 is 14.2 Å². The third kappa shape index (κ3) is 3.54. The summed E-state index contributed by atoms with van der Waals surface area (Å²) in [5.74, 6) is 1.65. The summed E-state index contributed by atoms with van der Waals surface area (Å²) in [6, 6.07) is 21.7. The first kappa shape index (κ1) is 20.0. The molecule has 0 saturated heterocycles. The highest BCUT2D eigenvalue weighted by atomic mass is 16.5. The Morgan fingerprint density at radius 1 is 0.906 bits per heavy atom. The minimum Gasteiger partial charge on any atom is -0.493 e. The van der Waals surface area contributed by atoms with Gasteiger partial charge in [0.05, 0.1) is 23.4 Å². The van der Waals surface area contributed by atoms with Gasteiger partial charge in [0, 0.05) is 23.8 Å². The van der Waals surface area contributed by atoms with Crippen LogP contribution < -0.4 is 24.8 Å². The molecule has 1 unspecified atom stereocenters. The lowest BCUT2D eigenvalue weighted by Crippen LogP contribution is -2.30. The molecule has 0 amide bonds. The lowest BCUT2D eigenvalue weighted by Gasteiger charge is -2.25. The number of rotatable bonds is 6. The number of methoxy groups -OCH3 is 1. The van der Waals surface area contributed by atoms with Crippen molar-refractivity contribution in [2.75, 3.05) is 7.11 Å². The molecule has 3 aromatic carbocycles. The molecule has 0 fully saturated rings. The molecule has 160 valence electrons. The summed E-state index contributed by atoms with van der Waals surface area (Å²) < 4.78 is 18.0. The van der Waals surface area contributed by atoms with E-state index in [4.69, 9.17) is 19.2 Å². The average molecular weight is 425 g/mol. The molecule has 0 bridgehead atoms. The predicted octanol–water partition coefficient (Wildman–Crippen LogP) is 3.82. The van der Waals surface area contributed by atoms with Gasteiger partial charge in [0.1, 0.15) is 12.9 Å². The Hall–Kier alpha value is -3.93. The summed E-state index contributed by atoms with van der Waals surface area (Å²) in [7, 11) is 1.61. The molecule has 2 heterocycles. The highest BCUT2D eigenvalue weighted by Crippen LogP contribution is 2.37. The number of ether oxygens (including phenoxy) is 3. The van der Waals surface area contributed by atoms with Gasteiger partial charge in [0.15, 0.2) is 11.5 Å². The Labute approximate surface area is 185 Å². The van der Waals surface area contributed by atoms with E-state index in [1.54, 1.807) is 7.11 Å². The summed E-state index contributed by atoms with van der Waals surface area (Å²) >= 11 is 0. The number of fused-ring (bicyclic) bond motifs is 2. The molecule has 1 aromatic heterocycles. The molecule has 1 aliphatic rings. The average Bonchev–Trinajstić information content (AvgIpc) is 3.08. The Balaban J connectivity index is 1.51. The van der Waals surface area contributed by atoms with Crippen molar-refractivity contribution in [1.29, 1.82) is 0 Å². The molecule has 32 heavy (non-hydrogen) atoms. The van der Waals surface area contributed by atoms with Crippen LogP contribution in [0.1, 0.15) is 19.4 Å². The fourth-order valence-electron chi connectivity index (χ4n) is 3.87. The number of hydrogen-bond donors (Lipinski definition) is 0. The number of nitrogens with zero attached hydrogens (tertiary/aromatic N) is 3. The quantitative estimate of drug-likeness (QED) is 0.470. The highest BCUT2D eigenvalue weighted by molar-refractivity contribution is 5.87. The first-order valence-corrected chi connectivity index (χ1v) is 10.4. The lowest BCUT2D eigenvalue weighted by molar-refractivity contribution is 0.154. The summed E-state index contributed by atoms with van der Waals surface area (Å²) in [5.41, 5.74) is 1.97. The topological polar surface area (TPSA) is 65.8 Å². The van der Waals surface area contributed by atoms with Crippen molar-refractivity contribution in [2.45, 2.75) is 26.2 Å². The van der Waals surface area contributed by atoms with E-state index < -0.39 is 5.72 Å². The van der Waals surface area contributed by atoms with Crippen molar-refractivity contribution < 1.29 is 14.2 Å². The maximum absolute atomic E-state index is 6.39. The highest BCUT2D eigenvalue weighted by Gasteiger charge is 2.33. The van der Waals surface area contributed by atoms with Crippen molar-refractivity contribution in [2.24, 2.45) is 4.99 Å². The van der Waals surface area contributed by atoms with Crippen LogP contribution in [-0.2, 0) is 6.61 Å². The van der Waals surface area contributed by atoms with Gasteiger partial charge in [-0.25, -0.2) is 15.0 Å². The molecule has 6 nitrogen and oxygen atoms in total. The van der Waals surface area contributed by atoms with Crippen LogP contribution in [0.5, 0.6) is 17.4 Å². The van der Waals surface area contributed by atoms with Crippen LogP contribution in [0.25, 0.3) is 16.5 Å². The standard InChI is InChI=1S/C26H23N3O3/c1-17-19-11-7-8-12-21(19)29-26(17,2)32-25-20-13-23(30-3)24(14-22(20)27-16-28-25)31-15-18-9-5-4-6-10-18/h4-14,16H,15H2,1-3H3. The Morgan fingerprint density at radius 3 is 2.47 bits per heavy atom. The summed E-state index contributed by atoms with van der Waals surface area (Å²) in [4.78, 5) is 13.6. The fourth-order valence-corrected chi connectivity index (χ4v) is 3.87. The fraction of sp³-hybridized carbons (Fsp3) is 0.192. The first-order chi connectivity index (χ1) is 15.6. The molecular formula is C26H23N3O3. The van der Waals surface area contributed by atoms with E-state index in [1.807, 2.05) is 74.5 Å². The molecule has 0 N–H and O–H groups in total. The second kappa shape index (κ2) is 7.96. The zero-order valence-corrected chi connectivity index (χ0v) is 18.2. The molecular weight excluding hydrogens is 402 g/mol. The molecule has 0 radical (unpaired) electrons. The predicted molar refractivity (Wildman–Crippen MR) is 122 cm³/mol. The monoisotopic (exact) mass is 425 g/mol. The van der Waals surface area contributed by atoms with E-state index in [0.717, 1.165) is 27.1 Å². The van der Waals surface area contributed by atoms with Gasteiger partial charge >= 0.3 is 0 Å². The Morgan fingerprint density at radius 2 is 1.69 bits per heavy atom. The van der Waals surface area contributed by atoms with Crippen molar-refractivity contribution in [3.8, 4) is 17.4 Å². The van der Waals surface area contributed by atoms with Crippen LogP contribution in [-0.4, -0.2) is 22.8 Å². The van der Waals surface area contributed by atoms with E-state index in [1.165, 1.54) is 6.33 Å². The minimum absolute atomic E-state index is 0.431. The van der Waals surface area contributed by atoms with Crippen molar-refractivity contribution in [3.05, 3.63) is 89.2 Å². The van der Waals surface area contributed by atoms with Gasteiger partial charge in [0.2, 0.25) is 11.6 Å². The normalized spacial score (nSPS) is 17.0. The molecule has 5 rings (SSSR count). The van der Waals surface area contributed by atoms with E-state index in [-0.39, 0.29) is 0 Å². The second-order valence-electron chi connectivity index (χ2n) is 7.81. The van der Waals surface area contributed by atoms with Crippen LogP contribution in [0, 0.1) is 0 Å². The van der Waals surface area contributed by atoms with Crippen molar-refractivity contribution >= 4 is 16.5 Å². The maximum Gasteiger partial charge on any atom is 0.227 e. The van der Waals surface area contributed by atoms with Crippen LogP contribution in [0.2, 0.25) is 0 Å². The van der Waals surface area contributed by atoms with E-state index in [9.17, 15) is 0 Å². The zero-order chi connectivity index (χ0) is 22.1. The lowest BCUT2D eigenvalue weighted by atomic mass is 10.1. The number of para-hydroxylation sites is 1. The number of hydrogen-bond acceptors (Lipinski definition) is 6. The van der Waals surface area contributed by atoms with Gasteiger partial charge in [-0.15, -0.1) is 0 Å². The van der Waals surface area contributed by atoms with Crippen LogP contribution in [0.15, 0.2) is 78.0 Å². The molecule has 6 heteroatoms. The Kier molecular flexibility index (Phi) is 4.98. The molecule has 4 aromatic rings. The van der Waals surface area contributed by atoms with E-state index in [2.05, 4.69) is 16.0 Å². The number of aromatic nitrogens is 2. The third-order valence-electron chi connectivity index (χ3n) is 5.75. The Bertz CT molecular complexity index is 1420. The number of benzene rings is 3. The second-order valence-corrected chi connectivity index (χ2v) is 7.81. The van der Waals surface area contributed by atoms with Gasteiger partial charge in [-0.2, -0.15) is 0 Å². The van der Waals surface area contributed by atoms with Gasteiger partial charge in [-0.1, -0.05) is 48.5 Å². The van der Waals surface area contributed by atoms with Crippen molar-refractivity contribution in [1.82, 2.24) is 9.97 Å². The largest absolute Gasteiger partial charge is 0.493 e. The molecule has 1 aliphatic heterocycles. The first-order valence-electron chi connectivity index (χ1n) is 10.4. The smallest absolute Gasteiger partial charge is 0.227 e. The summed E-state index contributed by atoms with van der Waals surface area (Å²) in [5, 5.41) is 2.74. The van der Waals surface area contributed by atoms with E-state index in [0.29, 0.717) is 29.5 Å². The zero-order valence-electron chi connectivity index (χ0n) is 18.2. The summed E-state index contributed by atoms with van der Waals surface area (Å²) in [6.07, 6.45) is 1.49. The molecule has 0 aliphatic carbocycles. The van der Waals surface area contributed by atoms with Crippen LogP contribution >= 0.6 is 0 Å². The van der Waals surface area contributed by atoms with Gasteiger partial charge in [-0.3, -0.25) is 0 Å². The third-order valence-corrected chi connectivity index (χ3v) is 5.75. The van der Waals surface area contributed by atoms with Gasteiger partial charge in [0.25, 0.3) is 0 Å². The summed E-state index contributed by atoms with van der Waals surface area (Å²) in [6.45, 7) is 4.42. The van der Waals surface area contributed by atoms with Crippen LogP contribution in [0.3, 0.4) is 0 Å². The van der Waals surface area contributed by atoms with E-state index >= 15 is 0 Å². The molecule has 0 spiro atoms. The SMILES string of the molecule is COc1cc2c(OC3(C)N=c4ccccc4=C3C)ncnc2cc1OCc1ccccc1. The molecule has 1 atom stereocenters. The maximum atomic E-state index is 6.39. The van der Waals surface area contributed by atoms with Crippen molar-refractivity contribution in [3.63, 3.8) is 0 Å². The minimum atomic E-state index is -0.847. The van der Waals surface area contributed by atoms with Gasteiger partial charge in [-0.05, 0) is 24.6 Å².